The first-order chi connectivity index (χ1) is 11.6. The first-order valence-electron chi connectivity index (χ1n) is 7.30. The van der Waals surface area contributed by atoms with E-state index in [1.54, 1.807) is 24.3 Å². The summed E-state index contributed by atoms with van der Waals surface area (Å²) in [5.74, 6) is -1.17. The first-order valence-corrected chi connectivity index (χ1v) is 8.56. The quantitative estimate of drug-likeness (QED) is 0.601. The molecule has 0 aliphatic heterocycles. The summed E-state index contributed by atoms with van der Waals surface area (Å²) in [5, 5.41) is 12.4. The normalized spacial score (nSPS) is 11.7. The van der Waals surface area contributed by atoms with Crippen molar-refractivity contribution in [2.75, 3.05) is 0 Å². The third kappa shape index (κ3) is 3.38. The van der Waals surface area contributed by atoms with Crippen LogP contribution in [0.5, 0.6) is 0 Å². The van der Waals surface area contributed by atoms with Gasteiger partial charge in [-0.2, -0.15) is 5.26 Å². The molecular weight excluding hydrogens is 340 g/mol. The summed E-state index contributed by atoms with van der Waals surface area (Å²) >= 11 is 7.17. The molecule has 1 heterocycles. The number of aromatic nitrogens is 1. The third-order valence-corrected chi connectivity index (χ3v) is 4.80. The molecule has 0 fully saturated rings. The van der Waals surface area contributed by atoms with Gasteiger partial charge in [-0.15, -0.1) is 11.3 Å². The van der Waals surface area contributed by atoms with E-state index in [9.17, 15) is 10.1 Å². The molecule has 3 aromatic rings. The zero-order valence-corrected chi connectivity index (χ0v) is 14.4. The molecule has 0 amide bonds. The van der Waals surface area contributed by atoms with E-state index in [1.807, 2.05) is 36.6 Å². The zero-order valence-electron chi connectivity index (χ0n) is 12.9. The highest BCUT2D eigenvalue weighted by Crippen LogP contribution is 2.29. The standard InChI is InChI=1S/C19H13ClN2OS/c1-12-2-4-13(5-3-12)17-11-24-19(22-17)16(10-21)18(23)14-6-8-15(20)9-7-14/h2-9,11,16H,1H3. The summed E-state index contributed by atoms with van der Waals surface area (Å²) in [6, 6.07) is 16.6. The Morgan fingerprint density at radius 1 is 1.17 bits per heavy atom. The lowest BCUT2D eigenvalue weighted by Gasteiger charge is -2.05. The third-order valence-electron chi connectivity index (χ3n) is 3.64. The number of benzene rings is 2. The molecule has 0 bridgehead atoms. The fraction of sp³-hybridized carbons (Fsp3) is 0.105. The second kappa shape index (κ2) is 6.96. The van der Waals surface area contributed by atoms with Gasteiger partial charge in [-0.1, -0.05) is 41.4 Å². The maximum atomic E-state index is 12.6. The monoisotopic (exact) mass is 352 g/mol. The highest BCUT2D eigenvalue weighted by atomic mass is 35.5. The van der Waals surface area contributed by atoms with Crippen molar-refractivity contribution in [3.8, 4) is 17.3 Å². The van der Waals surface area contributed by atoms with Crippen LogP contribution in [0.3, 0.4) is 0 Å². The minimum atomic E-state index is -0.907. The predicted octanol–water partition coefficient (Wildman–Crippen LogP) is 5.26. The van der Waals surface area contributed by atoms with Crippen LogP contribution < -0.4 is 0 Å². The summed E-state index contributed by atoms with van der Waals surface area (Å²) in [6.45, 7) is 2.02. The molecule has 0 aliphatic carbocycles. The smallest absolute Gasteiger partial charge is 0.186 e. The molecule has 0 saturated carbocycles. The number of nitrogens with zero attached hydrogens (tertiary/aromatic N) is 2. The van der Waals surface area contributed by atoms with Crippen LogP contribution in [0, 0.1) is 18.3 Å². The van der Waals surface area contributed by atoms with E-state index in [0.29, 0.717) is 15.6 Å². The zero-order chi connectivity index (χ0) is 17.1. The van der Waals surface area contributed by atoms with Crippen LogP contribution >= 0.6 is 22.9 Å². The van der Waals surface area contributed by atoms with Crippen LogP contribution in [0.2, 0.25) is 5.02 Å². The minimum absolute atomic E-state index is 0.265. The van der Waals surface area contributed by atoms with Gasteiger partial charge < -0.3 is 0 Å². The van der Waals surface area contributed by atoms with E-state index in [-0.39, 0.29) is 5.78 Å². The topological polar surface area (TPSA) is 53.8 Å². The average Bonchev–Trinajstić information content (AvgIpc) is 3.06. The van der Waals surface area contributed by atoms with Crippen molar-refractivity contribution >= 4 is 28.7 Å². The van der Waals surface area contributed by atoms with Gasteiger partial charge in [-0.05, 0) is 31.2 Å². The van der Waals surface area contributed by atoms with Gasteiger partial charge in [-0.3, -0.25) is 4.79 Å². The van der Waals surface area contributed by atoms with E-state index >= 15 is 0 Å². The van der Waals surface area contributed by atoms with E-state index in [4.69, 9.17) is 11.6 Å². The van der Waals surface area contributed by atoms with Crippen LogP contribution in [0.1, 0.15) is 26.8 Å². The minimum Gasteiger partial charge on any atom is -0.292 e. The van der Waals surface area contributed by atoms with Gasteiger partial charge in [-0.25, -0.2) is 4.98 Å². The number of ketones is 1. The Morgan fingerprint density at radius 2 is 1.83 bits per heavy atom. The van der Waals surface area contributed by atoms with Crippen molar-refractivity contribution in [2.45, 2.75) is 12.8 Å². The van der Waals surface area contributed by atoms with Crippen molar-refractivity contribution < 1.29 is 4.79 Å². The summed E-state index contributed by atoms with van der Waals surface area (Å²) in [4.78, 5) is 17.1. The lowest BCUT2D eigenvalue weighted by molar-refractivity contribution is 0.0979. The van der Waals surface area contributed by atoms with Crippen LogP contribution in [0.15, 0.2) is 53.9 Å². The largest absolute Gasteiger partial charge is 0.292 e. The Morgan fingerprint density at radius 3 is 2.46 bits per heavy atom. The molecule has 1 atom stereocenters. The fourth-order valence-electron chi connectivity index (χ4n) is 2.28. The molecule has 1 aromatic heterocycles. The molecule has 0 saturated heterocycles. The molecule has 118 valence electrons. The van der Waals surface area contributed by atoms with Crippen LogP contribution in [-0.2, 0) is 0 Å². The number of hydrogen-bond donors (Lipinski definition) is 0. The Balaban J connectivity index is 1.89. The molecule has 5 heteroatoms. The van der Waals surface area contributed by atoms with Gasteiger partial charge >= 0.3 is 0 Å². The van der Waals surface area contributed by atoms with Crippen molar-refractivity contribution in [1.29, 1.82) is 5.26 Å². The molecule has 0 radical (unpaired) electrons. The van der Waals surface area contributed by atoms with E-state index in [1.165, 1.54) is 16.9 Å². The Bertz CT molecular complexity index is 908. The van der Waals surface area contributed by atoms with E-state index < -0.39 is 5.92 Å². The molecule has 2 aromatic carbocycles. The number of aryl methyl sites for hydroxylation is 1. The maximum Gasteiger partial charge on any atom is 0.186 e. The van der Waals surface area contributed by atoms with E-state index in [0.717, 1.165) is 11.3 Å². The number of carbonyl (C=O) groups is 1. The summed E-state index contributed by atoms with van der Waals surface area (Å²) in [7, 11) is 0. The highest BCUT2D eigenvalue weighted by molar-refractivity contribution is 7.10. The highest BCUT2D eigenvalue weighted by Gasteiger charge is 2.25. The Kier molecular flexibility index (Phi) is 4.75. The first kappa shape index (κ1) is 16.4. The van der Waals surface area contributed by atoms with Crippen LogP contribution in [0.4, 0.5) is 0 Å². The summed E-state index contributed by atoms with van der Waals surface area (Å²) in [5.41, 5.74) is 3.37. The van der Waals surface area contributed by atoms with Gasteiger partial charge in [0.15, 0.2) is 11.7 Å². The number of rotatable bonds is 4. The van der Waals surface area contributed by atoms with Crippen molar-refractivity contribution in [1.82, 2.24) is 4.98 Å². The van der Waals surface area contributed by atoms with Crippen molar-refractivity contribution in [3.63, 3.8) is 0 Å². The molecule has 24 heavy (non-hydrogen) atoms. The van der Waals surface area contributed by atoms with Crippen molar-refractivity contribution in [3.05, 3.63) is 75.1 Å². The maximum absolute atomic E-state index is 12.6. The lowest BCUT2D eigenvalue weighted by atomic mass is 9.99. The van der Waals surface area contributed by atoms with Gasteiger partial charge in [0, 0.05) is 21.5 Å². The summed E-state index contributed by atoms with van der Waals surface area (Å²) in [6.07, 6.45) is 0. The Hall–Kier alpha value is -2.48. The van der Waals surface area contributed by atoms with Crippen LogP contribution in [0.25, 0.3) is 11.3 Å². The second-order valence-electron chi connectivity index (χ2n) is 5.37. The average molecular weight is 353 g/mol. The summed E-state index contributed by atoms with van der Waals surface area (Å²) < 4.78 is 0. The molecule has 0 N–H and O–H groups in total. The lowest BCUT2D eigenvalue weighted by Crippen LogP contribution is -2.11. The van der Waals surface area contributed by atoms with Crippen molar-refractivity contribution in [2.24, 2.45) is 0 Å². The molecule has 3 rings (SSSR count). The van der Waals surface area contributed by atoms with Gasteiger partial charge in [0.2, 0.25) is 0 Å². The molecular formula is C19H13ClN2OS. The second-order valence-corrected chi connectivity index (χ2v) is 6.70. The van der Waals surface area contributed by atoms with Crippen LogP contribution in [-0.4, -0.2) is 10.8 Å². The number of hydrogen-bond acceptors (Lipinski definition) is 4. The molecule has 0 spiro atoms. The van der Waals surface area contributed by atoms with Gasteiger partial charge in [0.1, 0.15) is 5.01 Å². The number of Topliss-reactive ketones (excluding diaryl/α,β-unsaturated/α-hetero) is 1. The number of thiazole rings is 1. The number of nitriles is 1. The molecule has 0 aliphatic rings. The molecule has 1 unspecified atom stereocenters. The number of carbonyl (C=O) groups excluding carboxylic acids is 1. The van der Waals surface area contributed by atoms with Gasteiger partial charge in [0.05, 0.1) is 11.8 Å². The SMILES string of the molecule is Cc1ccc(-c2csc(C(C#N)C(=O)c3ccc(Cl)cc3)n2)cc1. The van der Waals surface area contributed by atoms with Gasteiger partial charge in [0.25, 0.3) is 0 Å². The van der Waals surface area contributed by atoms with E-state index in [2.05, 4.69) is 11.1 Å². The number of halogens is 1. The Labute approximate surface area is 149 Å². The fourth-order valence-corrected chi connectivity index (χ4v) is 3.28. The molecule has 3 nitrogen and oxygen atoms in total. The predicted molar refractivity (Wildman–Crippen MR) is 96.4 cm³/mol.